The number of nitrogens with one attached hydrogen (secondary N) is 1. The summed E-state index contributed by atoms with van der Waals surface area (Å²) in [6.45, 7) is 1.70. The van der Waals surface area contributed by atoms with E-state index in [2.05, 4.69) is 15.3 Å². The summed E-state index contributed by atoms with van der Waals surface area (Å²) in [6, 6.07) is 12.4. The van der Waals surface area contributed by atoms with E-state index in [0.29, 0.717) is 22.5 Å². The van der Waals surface area contributed by atoms with Crippen molar-refractivity contribution in [3.8, 4) is 6.07 Å². The Morgan fingerprint density at radius 3 is 2.35 bits per heavy atom. The minimum atomic E-state index is -0.638. The van der Waals surface area contributed by atoms with Gasteiger partial charge in [-0.15, -0.1) is 0 Å². The lowest BCUT2D eigenvalue weighted by Crippen LogP contribution is -2.06. The molecular weight excluding hydrogens is 358 g/mol. The monoisotopic (exact) mass is 370 g/mol. The maximum atomic E-state index is 13.9. The van der Waals surface area contributed by atoms with Gasteiger partial charge in [-0.2, -0.15) is 5.26 Å². The highest BCUT2D eigenvalue weighted by molar-refractivity contribution is 6.30. The van der Waals surface area contributed by atoms with Gasteiger partial charge in [-0.05, 0) is 43.3 Å². The predicted octanol–water partition coefficient (Wildman–Crippen LogP) is 4.92. The van der Waals surface area contributed by atoms with Gasteiger partial charge in [0.25, 0.3) is 0 Å². The molecular formula is C19H13ClF2N4. The highest BCUT2D eigenvalue weighted by Gasteiger charge is 2.15. The molecule has 1 N–H and O–H groups in total. The molecule has 1 aromatic heterocycles. The molecule has 0 aliphatic heterocycles. The maximum absolute atomic E-state index is 13.9. The molecule has 2 aromatic carbocycles. The van der Waals surface area contributed by atoms with Crippen LogP contribution in [0.2, 0.25) is 5.15 Å². The van der Waals surface area contributed by atoms with Gasteiger partial charge in [0.15, 0.2) is 0 Å². The second kappa shape index (κ2) is 7.46. The van der Waals surface area contributed by atoms with Crippen molar-refractivity contribution < 1.29 is 8.78 Å². The molecule has 0 radical (unpaired) electrons. The summed E-state index contributed by atoms with van der Waals surface area (Å²) >= 11 is 6.16. The van der Waals surface area contributed by atoms with Gasteiger partial charge < -0.3 is 5.32 Å². The molecule has 0 unspecified atom stereocenters. The zero-order valence-electron chi connectivity index (χ0n) is 13.7. The first-order chi connectivity index (χ1) is 12.5. The lowest BCUT2D eigenvalue weighted by molar-refractivity contribution is 0.560. The van der Waals surface area contributed by atoms with E-state index in [1.165, 1.54) is 18.2 Å². The SMILES string of the molecule is Cc1c(Cl)nc(Nc2ccc(C#N)cc2)nc1Cc1c(F)cccc1F. The Hall–Kier alpha value is -3.04. The fourth-order valence-corrected chi connectivity index (χ4v) is 2.58. The topological polar surface area (TPSA) is 61.6 Å². The summed E-state index contributed by atoms with van der Waals surface area (Å²) in [5.41, 5.74) is 2.08. The Labute approximate surface area is 154 Å². The summed E-state index contributed by atoms with van der Waals surface area (Å²) in [5.74, 6) is -1.07. The molecule has 4 nitrogen and oxygen atoms in total. The van der Waals surface area contributed by atoms with Crippen LogP contribution in [0.25, 0.3) is 0 Å². The molecule has 7 heteroatoms. The fourth-order valence-electron chi connectivity index (χ4n) is 2.39. The summed E-state index contributed by atoms with van der Waals surface area (Å²) in [4.78, 5) is 8.49. The summed E-state index contributed by atoms with van der Waals surface area (Å²) < 4.78 is 27.9. The minimum Gasteiger partial charge on any atom is -0.324 e. The second-order valence-corrected chi connectivity index (χ2v) is 5.96. The van der Waals surface area contributed by atoms with E-state index in [9.17, 15) is 8.78 Å². The smallest absolute Gasteiger partial charge is 0.228 e. The predicted molar refractivity (Wildman–Crippen MR) is 95.4 cm³/mol. The average molecular weight is 371 g/mol. The van der Waals surface area contributed by atoms with Gasteiger partial charge in [-0.25, -0.2) is 18.7 Å². The first-order valence-electron chi connectivity index (χ1n) is 7.71. The quantitative estimate of drug-likeness (QED) is 0.662. The Kier molecular flexibility index (Phi) is 5.10. The van der Waals surface area contributed by atoms with Crippen molar-refractivity contribution in [2.75, 3.05) is 5.32 Å². The van der Waals surface area contributed by atoms with E-state index >= 15 is 0 Å². The number of nitrogens with zero attached hydrogens (tertiary/aromatic N) is 3. The van der Waals surface area contributed by atoms with Crippen LogP contribution in [0, 0.1) is 29.9 Å². The Balaban J connectivity index is 1.93. The molecule has 0 aliphatic rings. The Morgan fingerprint density at radius 1 is 1.08 bits per heavy atom. The molecule has 3 rings (SSSR count). The number of hydrogen-bond donors (Lipinski definition) is 1. The number of aromatic nitrogens is 2. The van der Waals surface area contributed by atoms with E-state index in [4.69, 9.17) is 16.9 Å². The van der Waals surface area contributed by atoms with Crippen molar-refractivity contribution in [1.82, 2.24) is 9.97 Å². The molecule has 130 valence electrons. The zero-order valence-corrected chi connectivity index (χ0v) is 14.5. The van der Waals surface area contributed by atoms with Gasteiger partial charge in [0.1, 0.15) is 16.8 Å². The van der Waals surface area contributed by atoms with Crippen LogP contribution >= 0.6 is 11.6 Å². The van der Waals surface area contributed by atoms with Crippen LogP contribution in [0.15, 0.2) is 42.5 Å². The molecule has 26 heavy (non-hydrogen) atoms. The molecule has 0 bridgehead atoms. The highest BCUT2D eigenvalue weighted by Crippen LogP contribution is 2.24. The average Bonchev–Trinajstić information content (AvgIpc) is 2.63. The van der Waals surface area contributed by atoms with Crippen molar-refractivity contribution in [2.24, 2.45) is 0 Å². The van der Waals surface area contributed by atoms with Crippen LogP contribution in [0.4, 0.5) is 20.4 Å². The molecule has 0 amide bonds. The molecule has 0 saturated heterocycles. The number of hydrogen-bond acceptors (Lipinski definition) is 4. The van der Waals surface area contributed by atoms with E-state index in [0.717, 1.165) is 0 Å². The number of benzene rings is 2. The standard InChI is InChI=1S/C19H13ClF2N4/c1-11-17(9-14-15(21)3-2-4-16(14)22)25-19(26-18(11)20)24-13-7-5-12(10-23)6-8-13/h2-8H,9H2,1H3,(H,24,25,26). The van der Waals surface area contributed by atoms with E-state index in [1.807, 2.05) is 6.07 Å². The van der Waals surface area contributed by atoms with Crippen LogP contribution in [-0.2, 0) is 6.42 Å². The van der Waals surface area contributed by atoms with Gasteiger partial charge in [0.05, 0.1) is 17.3 Å². The first-order valence-corrected chi connectivity index (χ1v) is 8.09. The van der Waals surface area contributed by atoms with Crippen LogP contribution in [0.5, 0.6) is 0 Å². The molecule has 0 saturated carbocycles. The van der Waals surface area contributed by atoms with Crippen LogP contribution in [0.3, 0.4) is 0 Å². The van der Waals surface area contributed by atoms with Crippen molar-refractivity contribution >= 4 is 23.2 Å². The zero-order chi connectivity index (χ0) is 18.7. The van der Waals surface area contributed by atoms with E-state index < -0.39 is 11.6 Å². The summed E-state index contributed by atoms with van der Waals surface area (Å²) in [6.07, 6.45) is -0.0470. The van der Waals surface area contributed by atoms with Crippen molar-refractivity contribution in [2.45, 2.75) is 13.3 Å². The second-order valence-electron chi connectivity index (χ2n) is 5.60. The number of nitriles is 1. The van der Waals surface area contributed by atoms with Crippen molar-refractivity contribution in [1.29, 1.82) is 5.26 Å². The highest BCUT2D eigenvalue weighted by atomic mass is 35.5. The molecule has 3 aromatic rings. The summed E-state index contributed by atoms with van der Waals surface area (Å²) in [5, 5.41) is 12.0. The normalized spacial score (nSPS) is 10.4. The third-order valence-corrected chi connectivity index (χ3v) is 4.23. The lowest BCUT2D eigenvalue weighted by atomic mass is 10.1. The molecule has 1 heterocycles. The van der Waals surface area contributed by atoms with Crippen molar-refractivity contribution in [3.63, 3.8) is 0 Å². The third kappa shape index (κ3) is 3.79. The fraction of sp³-hybridized carbons (Fsp3) is 0.105. The number of rotatable bonds is 4. The van der Waals surface area contributed by atoms with E-state index in [1.54, 1.807) is 31.2 Å². The van der Waals surface area contributed by atoms with Gasteiger partial charge in [-0.1, -0.05) is 17.7 Å². The van der Waals surface area contributed by atoms with Gasteiger partial charge >= 0.3 is 0 Å². The Bertz CT molecular complexity index is 977. The largest absolute Gasteiger partial charge is 0.324 e. The third-order valence-electron chi connectivity index (χ3n) is 3.86. The molecule has 0 aliphatic carbocycles. The number of anilines is 2. The van der Waals surface area contributed by atoms with Crippen LogP contribution in [-0.4, -0.2) is 9.97 Å². The van der Waals surface area contributed by atoms with Gasteiger partial charge in [0, 0.05) is 23.2 Å². The summed E-state index contributed by atoms with van der Waals surface area (Å²) in [7, 11) is 0. The van der Waals surface area contributed by atoms with Crippen molar-refractivity contribution in [3.05, 3.63) is 81.6 Å². The minimum absolute atomic E-state index is 0.0470. The molecule has 0 fully saturated rings. The van der Waals surface area contributed by atoms with Crippen LogP contribution in [0.1, 0.15) is 22.4 Å². The van der Waals surface area contributed by atoms with Crippen LogP contribution < -0.4 is 5.32 Å². The molecule has 0 spiro atoms. The van der Waals surface area contributed by atoms with Gasteiger partial charge in [0.2, 0.25) is 5.95 Å². The van der Waals surface area contributed by atoms with E-state index in [-0.39, 0.29) is 23.1 Å². The first kappa shape index (κ1) is 17.8. The number of halogens is 3. The molecule has 0 atom stereocenters. The lowest BCUT2D eigenvalue weighted by Gasteiger charge is -2.12. The maximum Gasteiger partial charge on any atom is 0.228 e. The van der Waals surface area contributed by atoms with Gasteiger partial charge in [-0.3, -0.25) is 0 Å². The Morgan fingerprint density at radius 2 is 1.73 bits per heavy atom.